The molecule has 3 rings (SSSR count). The van der Waals surface area contributed by atoms with Crippen LogP contribution < -0.4 is 10.6 Å². The summed E-state index contributed by atoms with van der Waals surface area (Å²) in [6.07, 6.45) is 1.26. The molecule has 0 unspecified atom stereocenters. The largest absolute Gasteiger partial charge is 0.352 e. The van der Waals surface area contributed by atoms with Crippen molar-refractivity contribution in [1.82, 2.24) is 10.6 Å². The van der Waals surface area contributed by atoms with Gasteiger partial charge in [0.25, 0.3) is 0 Å². The number of aryl methyl sites for hydroxylation is 1. The molecule has 2 aromatic carbocycles. The molecule has 0 saturated carbocycles. The standard InChI is InChI=1S/C18H19BrN2O/c19-17-4-2-1-3-14(17)7-8-18(22)21-10-13-5-6-15-11-20-12-16(15)9-13/h1-6,9,20H,7-8,10-12H2,(H,21,22). The van der Waals surface area contributed by atoms with Crippen LogP contribution in [0.4, 0.5) is 0 Å². The average Bonchev–Trinajstić information content (AvgIpc) is 2.99. The third-order valence-electron chi connectivity index (χ3n) is 3.97. The monoisotopic (exact) mass is 358 g/mol. The summed E-state index contributed by atoms with van der Waals surface area (Å²) in [5.74, 6) is 0.0920. The zero-order valence-electron chi connectivity index (χ0n) is 12.4. The van der Waals surface area contributed by atoms with Gasteiger partial charge in [-0.2, -0.15) is 0 Å². The van der Waals surface area contributed by atoms with E-state index in [0.717, 1.165) is 29.5 Å². The third kappa shape index (κ3) is 3.76. The van der Waals surface area contributed by atoms with Gasteiger partial charge in [0.1, 0.15) is 0 Å². The van der Waals surface area contributed by atoms with Crippen molar-refractivity contribution in [3.63, 3.8) is 0 Å². The Morgan fingerprint density at radius 1 is 1.14 bits per heavy atom. The Balaban J connectivity index is 1.49. The number of hydrogen-bond acceptors (Lipinski definition) is 2. The highest BCUT2D eigenvalue weighted by Crippen LogP contribution is 2.18. The molecule has 0 aromatic heterocycles. The molecule has 0 fully saturated rings. The maximum atomic E-state index is 12.0. The molecule has 2 N–H and O–H groups in total. The second-order valence-electron chi connectivity index (χ2n) is 5.57. The van der Waals surface area contributed by atoms with E-state index >= 15 is 0 Å². The molecule has 0 aliphatic carbocycles. The number of halogens is 1. The van der Waals surface area contributed by atoms with Crippen LogP contribution >= 0.6 is 15.9 Å². The lowest BCUT2D eigenvalue weighted by Crippen LogP contribution is -2.23. The van der Waals surface area contributed by atoms with E-state index in [2.05, 4.69) is 44.8 Å². The number of fused-ring (bicyclic) bond motifs is 1. The van der Waals surface area contributed by atoms with Crippen molar-refractivity contribution >= 4 is 21.8 Å². The summed E-state index contributed by atoms with van der Waals surface area (Å²) in [6.45, 7) is 2.48. The number of carbonyl (C=O) groups is 1. The number of benzene rings is 2. The van der Waals surface area contributed by atoms with Crippen LogP contribution in [0.5, 0.6) is 0 Å². The molecule has 2 aromatic rings. The van der Waals surface area contributed by atoms with Gasteiger partial charge in [-0.15, -0.1) is 0 Å². The van der Waals surface area contributed by atoms with E-state index in [0.29, 0.717) is 13.0 Å². The topological polar surface area (TPSA) is 41.1 Å². The molecule has 1 aliphatic rings. The van der Waals surface area contributed by atoms with Crippen LogP contribution in [0.2, 0.25) is 0 Å². The lowest BCUT2D eigenvalue weighted by atomic mass is 10.1. The maximum Gasteiger partial charge on any atom is 0.220 e. The predicted octanol–water partition coefficient (Wildman–Crippen LogP) is 3.30. The van der Waals surface area contributed by atoms with Gasteiger partial charge >= 0.3 is 0 Å². The molecule has 22 heavy (non-hydrogen) atoms. The van der Waals surface area contributed by atoms with Crippen molar-refractivity contribution in [2.24, 2.45) is 0 Å². The van der Waals surface area contributed by atoms with Gasteiger partial charge in [-0.3, -0.25) is 4.79 Å². The smallest absolute Gasteiger partial charge is 0.220 e. The van der Waals surface area contributed by atoms with E-state index < -0.39 is 0 Å². The Labute approximate surface area is 139 Å². The van der Waals surface area contributed by atoms with E-state index in [-0.39, 0.29) is 5.91 Å². The van der Waals surface area contributed by atoms with Gasteiger partial charge in [0.05, 0.1) is 0 Å². The summed E-state index contributed by atoms with van der Waals surface area (Å²) in [6, 6.07) is 14.5. The Morgan fingerprint density at radius 3 is 2.82 bits per heavy atom. The van der Waals surface area contributed by atoms with Crippen LogP contribution in [-0.2, 0) is 30.8 Å². The van der Waals surface area contributed by atoms with Gasteiger partial charge in [-0.1, -0.05) is 52.3 Å². The molecule has 1 amide bonds. The van der Waals surface area contributed by atoms with Crippen LogP contribution in [0, 0.1) is 0 Å². The average molecular weight is 359 g/mol. The van der Waals surface area contributed by atoms with Gasteiger partial charge in [0, 0.05) is 30.5 Å². The first-order chi connectivity index (χ1) is 10.7. The molecule has 0 atom stereocenters. The molecule has 3 nitrogen and oxygen atoms in total. The maximum absolute atomic E-state index is 12.0. The zero-order valence-corrected chi connectivity index (χ0v) is 13.9. The normalized spacial score (nSPS) is 13.0. The molecule has 1 aliphatic heterocycles. The quantitative estimate of drug-likeness (QED) is 0.860. The Kier molecular flexibility index (Phi) is 4.90. The van der Waals surface area contributed by atoms with Crippen LogP contribution in [0.3, 0.4) is 0 Å². The Hall–Kier alpha value is -1.65. The van der Waals surface area contributed by atoms with Crippen LogP contribution in [0.1, 0.15) is 28.7 Å². The van der Waals surface area contributed by atoms with E-state index in [1.807, 2.05) is 24.3 Å². The van der Waals surface area contributed by atoms with Crippen LogP contribution in [0.15, 0.2) is 46.9 Å². The summed E-state index contributed by atoms with van der Waals surface area (Å²) in [5.41, 5.74) is 5.04. The fourth-order valence-corrected chi connectivity index (χ4v) is 3.18. The van der Waals surface area contributed by atoms with Gasteiger partial charge in [0.2, 0.25) is 5.91 Å². The molecular formula is C18H19BrN2O. The minimum Gasteiger partial charge on any atom is -0.352 e. The first kappa shape index (κ1) is 15.3. The number of amides is 1. The fourth-order valence-electron chi connectivity index (χ4n) is 2.70. The lowest BCUT2D eigenvalue weighted by molar-refractivity contribution is -0.121. The second-order valence-corrected chi connectivity index (χ2v) is 6.43. The first-order valence-electron chi connectivity index (χ1n) is 7.54. The summed E-state index contributed by atoms with van der Waals surface area (Å²) in [4.78, 5) is 12.0. The summed E-state index contributed by atoms with van der Waals surface area (Å²) in [5, 5.41) is 6.34. The molecule has 1 heterocycles. The van der Waals surface area contributed by atoms with Crippen molar-refractivity contribution in [1.29, 1.82) is 0 Å². The second kappa shape index (κ2) is 7.07. The Bertz CT molecular complexity index is 685. The number of hydrogen-bond donors (Lipinski definition) is 2. The third-order valence-corrected chi connectivity index (χ3v) is 4.74. The molecule has 0 spiro atoms. The lowest BCUT2D eigenvalue weighted by Gasteiger charge is -2.08. The summed E-state index contributed by atoms with van der Waals surface area (Å²) in [7, 11) is 0. The minimum absolute atomic E-state index is 0.0920. The molecule has 4 heteroatoms. The SMILES string of the molecule is O=C(CCc1ccccc1Br)NCc1ccc2c(c1)CNC2. The van der Waals surface area contributed by atoms with Crippen LogP contribution in [-0.4, -0.2) is 5.91 Å². The van der Waals surface area contributed by atoms with Gasteiger partial charge in [-0.05, 0) is 34.7 Å². The van der Waals surface area contributed by atoms with E-state index in [1.54, 1.807) is 0 Å². The molecular weight excluding hydrogens is 340 g/mol. The number of nitrogens with one attached hydrogen (secondary N) is 2. The molecule has 0 bridgehead atoms. The minimum atomic E-state index is 0.0920. The summed E-state index contributed by atoms with van der Waals surface area (Å²) < 4.78 is 1.06. The molecule has 114 valence electrons. The van der Waals surface area contributed by atoms with Gasteiger partial charge in [0.15, 0.2) is 0 Å². The van der Waals surface area contributed by atoms with Gasteiger partial charge in [-0.25, -0.2) is 0 Å². The van der Waals surface area contributed by atoms with Crippen molar-refractivity contribution in [2.45, 2.75) is 32.5 Å². The highest BCUT2D eigenvalue weighted by molar-refractivity contribution is 9.10. The van der Waals surface area contributed by atoms with E-state index in [1.165, 1.54) is 16.7 Å². The molecule has 0 saturated heterocycles. The zero-order chi connectivity index (χ0) is 15.4. The highest BCUT2D eigenvalue weighted by Gasteiger charge is 2.10. The first-order valence-corrected chi connectivity index (χ1v) is 8.33. The van der Waals surface area contributed by atoms with Crippen LogP contribution in [0.25, 0.3) is 0 Å². The predicted molar refractivity (Wildman–Crippen MR) is 91.3 cm³/mol. The molecule has 0 radical (unpaired) electrons. The van der Waals surface area contributed by atoms with E-state index in [4.69, 9.17) is 0 Å². The van der Waals surface area contributed by atoms with Crippen molar-refractivity contribution in [3.05, 3.63) is 69.2 Å². The van der Waals surface area contributed by atoms with Crippen molar-refractivity contribution in [2.75, 3.05) is 0 Å². The van der Waals surface area contributed by atoms with Gasteiger partial charge < -0.3 is 10.6 Å². The van der Waals surface area contributed by atoms with E-state index in [9.17, 15) is 4.79 Å². The summed E-state index contributed by atoms with van der Waals surface area (Å²) >= 11 is 3.51. The fraction of sp³-hybridized carbons (Fsp3) is 0.278. The van der Waals surface area contributed by atoms with Crippen molar-refractivity contribution in [3.8, 4) is 0 Å². The number of rotatable bonds is 5. The Morgan fingerprint density at radius 2 is 1.95 bits per heavy atom. The number of carbonyl (C=O) groups excluding carboxylic acids is 1. The van der Waals surface area contributed by atoms with Crippen molar-refractivity contribution < 1.29 is 4.79 Å². The highest BCUT2D eigenvalue weighted by atomic mass is 79.9.